The van der Waals surface area contributed by atoms with E-state index in [-0.39, 0.29) is 18.0 Å². The second-order valence-electron chi connectivity index (χ2n) is 8.15. The molecule has 2 heterocycles. The summed E-state index contributed by atoms with van der Waals surface area (Å²) in [6.07, 6.45) is 6.40. The number of anilines is 1. The van der Waals surface area contributed by atoms with E-state index in [4.69, 9.17) is 0 Å². The van der Waals surface area contributed by atoms with Gasteiger partial charge >= 0.3 is 0 Å². The topological polar surface area (TPSA) is 54.3 Å². The maximum Gasteiger partial charge on any atom is 0.255 e. The van der Waals surface area contributed by atoms with Crippen LogP contribution in [0.1, 0.15) is 71.8 Å². The first kappa shape index (κ1) is 21.6. The molecule has 1 aliphatic rings. The van der Waals surface area contributed by atoms with Crippen molar-refractivity contribution in [2.75, 3.05) is 11.4 Å². The quantitative estimate of drug-likeness (QED) is 0.758. The van der Waals surface area contributed by atoms with Crippen molar-refractivity contribution >= 4 is 22.2 Å². The monoisotopic (exact) mass is 415 g/mol. The van der Waals surface area contributed by atoms with Crippen LogP contribution in [0, 0.1) is 20.8 Å². The Morgan fingerprint density at radius 2 is 1.93 bits per heavy atom. The van der Waals surface area contributed by atoms with Gasteiger partial charge in [0.05, 0.1) is 10.6 Å². The molecule has 1 aliphatic carbocycles. The summed E-state index contributed by atoms with van der Waals surface area (Å²) in [7, 11) is 1.77. The van der Waals surface area contributed by atoms with Crippen molar-refractivity contribution in [1.29, 1.82) is 0 Å². The molecule has 0 spiro atoms. The van der Waals surface area contributed by atoms with Crippen LogP contribution in [0.25, 0.3) is 0 Å². The van der Waals surface area contributed by atoms with Crippen LogP contribution >= 0.6 is 11.3 Å². The van der Waals surface area contributed by atoms with Crippen LogP contribution in [0.3, 0.4) is 0 Å². The van der Waals surface area contributed by atoms with Crippen molar-refractivity contribution in [1.82, 2.24) is 9.88 Å². The lowest BCUT2D eigenvalue weighted by Crippen LogP contribution is -2.36. The average molecular weight is 416 g/mol. The molecule has 1 saturated carbocycles. The number of thiophene rings is 1. The fourth-order valence-corrected chi connectivity index (χ4v) is 5.60. The van der Waals surface area contributed by atoms with E-state index in [1.54, 1.807) is 23.0 Å². The maximum absolute atomic E-state index is 12.9. The molecule has 0 unspecified atom stereocenters. The van der Waals surface area contributed by atoms with Crippen LogP contribution in [0.15, 0.2) is 16.2 Å². The van der Waals surface area contributed by atoms with E-state index in [1.807, 2.05) is 32.2 Å². The number of rotatable bonds is 6. The van der Waals surface area contributed by atoms with Crippen LogP contribution < -0.4 is 15.8 Å². The highest BCUT2D eigenvalue weighted by Crippen LogP contribution is 2.35. The molecule has 6 heteroatoms. The summed E-state index contributed by atoms with van der Waals surface area (Å²) in [5.41, 5.74) is 4.22. The van der Waals surface area contributed by atoms with Gasteiger partial charge in [-0.1, -0.05) is 19.3 Å². The maximum atomic E-state index is 12.9. The van der Waals surface area contributed by atoms with E-state index >= 15 is 0 Å². The van der Waals surface area contributed by atoms with Crippen molar-refractivity contribution in [3.63, 3.8) is 0 Å². The predicted octanol–water partition coefficient (Wildman–Crippen LogP) is 4.46. The normalized spacial score (nSPS) is 14.8. The van der Waals surface area contributed by atoms with Gasteiger partial charge in [0.25, 0.3) is 11.5 Å². The van der Waals surface area contributed by atoms with Gasteiger partial charge in [-0.15, -0.1) is 11.3 Å². The first-order valence-corrected chi connectivity index (χ1v) is 11.5. The number of amides is 1. The van der Waals surface area contributed by atoms with Gasteiger partial charge in [-0.3, -0.25) is 9.59 Å². The second kappa shape index (κ2) is 9.16. The Morgan fingerprint density at radius 3 is 2.59 bits per heavy atom. The highest BCUT2D eigenvalue weighted by Gasteiger charge is 2.25. The summed E-state index contributed by atoms with van der Waals surface area (Å²) in [5.74, 6) is -0.105. The standard InChI is InChI=1S/C23H33N3O2S/c1-6-26(18-10-8-7-9-11-18)23-17(4)20(14-29-23)21(27)24-13-19-15(2)12-16(3)25(5)22(19)28/h12,14,18H,6-11,13H2,1-5H3,(H,24,27). The molecule has 1 fully saturated rings. The molecule has 1 amide bonds. The van der Waals surface area contributed by atoms with Gasteiger partial charge in [0.2, 0.25) is 0 Å². The molecular weight excluding hydrogens is 382 g/mol. The highest BCUT2D eigenvalue weighted by atomic mass is 32.1. The van der Waals surface area contributed by atoms with Crippen LogP contribution in [-0.4, -0.2) is 23.1 Å². The number of nitrogens with zero attached hydrogens (tertiary/aromatic N) is 2. The molecule has 0 aromatic carbocycles. The molecule has 0 radical (unpaired) electrons. The number of aromatic nitrogens is 1. The van der Waals surface area contributed by atoms with Crippen molar-refractivity contribution in [2.45, 2.75) is 72.4 Å². The van der Waals surface area contributed by atoms with Crippen LogP contribution in [0.4, 0.5) is 5.00 Å². The smallest absolute Gasteiger partial charge is 0.255 e. The lowest BCUT2D eigenvalue weighted by molar-refractivity contribution is 0.0950. The number of nitrogens with one attached hydrogen (secondary N) is 1. The number of carbonyl (C=O) groups is 1. The van der Waals surface area contributed by atoms with E-state index in [0.717, 1.165) is 28.9 Å². The van der Waals surface area contributed by atoms with Gasteiger partial charge in [-0.25, -0.2) is 0 Å². The summed E-state index contributed by atoms with van der Waals surface area (Å²) < 4.78 is 1.63. The zero-order valence-corrected chi connectivity index (χ0v) is 19.1. The number of hydrogen-bond acceptors (Lipinski definition) is 4. The largest absolute Gasteiger partial charge is 0.361 e. The van der Waals surface area contributed by atoms with Gasteiger partial charge in [0.1, 0.15) is 0 Å². The van der Waals surface area contributed by atoms with E-state index in [1.165, 1.54) is 37.1 Å². The molecule has 1 N–H and O–H groups in total. The number of aryl methyl sites for hydroxylation is 2. The predicted molar refractivity (Wildman–Crippen MR) is 121 cm³/mol. The molecule has 29 heavy (non-hydrogen) atoms. The third-order valence-corrected chi connectivity index (χ3v) is 7.41. The summed E-state index contributed by atoms with van der Waals surface area (Å²) in [6.45, 7) is 9.30. The fraction of sp³-hybridized carbons (Fsp3) is 0.565. The van der Waals surface area contributed by atoms with Crippen LogP contribution in [-0.2, 0) is 13.6 Å². The molecule has 0 aliphatic heterocycles. The highest BCUT2D eigenvalue weighted by molar-refractivity contribution is 7.14. The van der Waals surface area contributed by atoms with E-state index in [2.05, 4.69) is 17.1 Å². The second-order valence-corrected chi connectivity index (χ2v) is 9.01. The summed E-state index contributed by atoms with van der Waals surface area (Å²) in [4.78, 5) is 27.9. The number of pyridine rings is 1. The Morgan fingerprint density at radius 1 is 1.24 bits per heavy atom. The lowest BCUT2D eigenvalue weighted by Gasteiger charge is -2.35. The van der Waals surface area contributed by atoms with Crippen molar-refractivity contribution in [3.8, 4) is 0 Å². The zero-order chi connectivity index (χ0) is 21.1. The molecule has 0 saturated heterocycles. The van der Waals surface area contributed by atoms with Crippen LogP contribution in [0.2, 0.25) is 0 Å². The Hall–Kier alpha value is -2.08. The number of hydrogen-bond donors (Lipinski definition) is 1. The Kier molecular flexibility index (Phi) is 6.83. The van der Waals surface area contributed by atoms with Crippen molar-refractivity contribution in [2.24, 2.45) is 7.05 Å². The fourth-order valence-electron chi connectivity index (χ4n) is 4.38. The Labute approximate surface area is 177 Å². The molecular formula is C23H33N3O2S. The van der Waals surface area contributed by atoms with Crippen LogP contribution in [0.5, 0.6) is 0 Å². The molecule has 2 aromatic heterocycles. The third-order valence-electron chi connectivity index (χ3n) is 6.29. The lowest BCUT2D eigenvalue weighted by atomic mass is 9.94. The van der Waals surface area contributed by atoms with Crippen molar-refractivity contribution in [3.05, 3.63) is 49.7 Å². The SMILES string of the molecule is CCN(c1scc(C(=O)NCc2c(C)cc(C)n(C)c2=O)c1C)C1CCCCC1. The van der Waals surface area contributed by atoms with Gasteiger partial charge < -0.3 is 14.8 Å². The average Bonchev–Trinajstić information content (AvgIpc) is 3.09. The summed E-state index contributed by atoms with van der Waals surface area (Å²) in [6, 6.07) is 2.57. The van der Waals surface area contributed by atoms with Crippen molar-refractivity contribution < 1.29 is 4.79 Å². The van der Waals surface area contributed by atoms with E-state index in [9.17, 15) is 9.59 Å². The first-order valence-electron chi connectivity index (χ1n) is 10.6. The summed E-state index contributed by atoms with van der Waals surface area (Å²) in [5, 5.41) is 6.15. The molecule has 0 bridgehead atoms. The minimum absolute atomic E-state index is 0.0417. The molecule has 158 valence electrons. The minimum Gasteiger partial charge on any atom is -0.361 e. The van der Waals surface area contributed by atoms with Gasteiger partial charge in [-0.05, 0) is 57.7 Å². The zero-order valence-electron chi connectivity index (χ0n) is 18.3. The summed E-state index contributed by atoms with van der Waals surface area (Å²) >= 11 is 1.66. The first-order chi connectivity index (χ1) is 13.8. The molecule has 5 nitrogen and oxygen atoms in total. The molecule has 2 aromatic rings. The Bertz CT molecular complexity index is 938. The molecule has 0 atom stereocenters. The number of carbonyl (C=O) groups excluding carboxylic acids is 1. The van der Waals surface area contributed by atoms with E-state index < -0.39 is 0 Å². The third kappa shape index (κ3) is 4.42. The van der Waals surface area contributed by atoms with E-state index in [0.29, 0.717) is 11.6 Å². The van der Waals surface area contributed by atoms with Gasteiger partial charge in [-0.2, -0.15) is 0 Å². The molecule has 3 rings (SSSR count). The minimum atomic E-state index is -0.105. The van der Waals surface area contributed by atoms with Gasteiger partial charge in [0.15, 0.2) is 0 Å². The van der Waals surface area contributed by atoms with Gasteiger partial charge in [0, 0.05) is 42.8 Å². The Balaban J connectivity index is 1.76.